The van der Waals surface area contributed by atoms with Crippen LogP contribution < -0.4 is 32.9 Å². The number of hydrogen-bond donors (Lipinski definition) is 2. The van der Waals surface area contributed by atoms with Gasteiger partial charge in [0.25, 0.3) is 0 Å². The van der Waals surface area contributed by atoms with E-state index in [2.05, 4.69) is 97.7 Å². The van der Waals surface area contributed by atoms with Gasteiger partial charge in [-0.25, -0.2) is 0 Å². The lowest BCUT2D eigenvalue weighted by Gasteiger charge is -2.22. The Morgan fingerprint density at radius 1 is 0.560 bits per heavy atom. The molecule has 0 fully saturated rings. The maximum Gasteiger partial charge on any atom is 0.109 e. The van der Waals surface area contributed by atoms with E-state index < -0.39 is 7.26 Å². The molecule has 3 aromatic rings. The minimum atomic E-state index is -1.53. The Balaban J connectivity index is 0.000000568. The van der Waals surface area contributed by atoms with Crippen LogP contribution in [-0.2, 0) is 0 Å². The van der Waals surface area contributed by atoms with E-state index in [1.165, 1.54) is 15.9 Å². The normalized spacial score (nSPS) is 10.2. The van der Waals surface area contributed by atoms with E-state index in [1.54, 1.807) is 0 Å². The van der Waals surface area contributed by atoms with Gasteiger partial charge in [-0.1, -0.05) is 54.6 Å². The fourth-order valence-corrected chi connectivity index (χ4v) is 5.83. The van der Waals surface area contributed by atoms with E-state index in [4.69, 9.17) is 10.2 Å². The molecule has 132 valence electrons. The van der Waals surface area contributed by atoms with Gasteiger partial charge in [-0.05, 0) is 36.4 Å². The van der Waals surface area contributed by atoms with Gasteiger partial charge in [0, 0.05) is 0 Å². The Bertz CT molecular complexity index is 607. The molecule has 0 radical (unpaired) electrons. The van der Waals surface area contributed by atoms with Crippen molar-refractivity contribution in [1.82, 2.24) is 0 Å². The number of halogens is 1. The maximum absolute atomic E-state index is 7.62. The van der Waals surface area contributed by atoms with Gasteiger partial charge in [-0.3, -0.25) is 0 Å². The first-order valence-electron chi connectivity index (χ1n) is 7.98. The molecule has 0 aliphatic rings. The fraction of sp³-hybridized carbons (Fsp3) is 0.143. The summed E-state index contributed by atoms with van der Waals surface area (Å²) in [6.07, 6.45) is 0. The summed E-state index contributed by atoms with van der Waals surface area (Å²) in [5.74, 6) is 0. The van der Waals surface area contributed by atoms with Crippen LogP contribution in [0, 0.1) is 0 Å². The molecular weight excluding hydrogens is 395 g/mol. The number of hydrogen-bond acceptors (Lipinski definition) is 2. The third-order valence-electron chi connectivity index (χ3n) is 3.92. The summed E-state index contributed by atoms with van der Waals surface area (Å²) < 4.78 is 0. The lowest BCUT2D eigenvalue weighted by atomic mass is 10.4. The van der Waals surface area contributed by atoms with E-state index in [0.29, 0.717) is 0 Å². The summed E-state index contributed by atoms with van der Waals surface area (Å²) in [6, 6.07) is 32.6. The van der Waals surface area contributed by atoms with Crippen LogP contribution >= 0.6 is 7.26 Å². The Morgan fingerprint density at radius 2 is 0.800 bits per heavy atom. The zero-order valence-electron chi connectivity index (χ0n) is 14.3. The molecule has 0 heterocycles. The third kappa shape index (κ3) is 5.49. The molecule has 0 unspecified atom stereocenters. The summed E-state index contributed by atoms with van der Waals surface area (Å²) in [5.41, 5.74) is 0. The minimum Gasteiger partial charge on any atom is -1.00 e. The number of rotatable bonds is 4. The molecule has 0 amide bonds. The zero-order chi connectivity index (χ0) is 17.3. The van der Waals surface area contributed by atoms with Gasteiger partial charge >= 0.3 is 0 Å². The van der Waals surface area contributed by atoms with Crippen LogP contribution in [-0.4, -0.2) is 30.1 Å². The van der Waals surface area contributed by atoms with Gasteiger partial charge in [-0.2, -0.15) is 0 Å². The van der Waals surface area contributed by atoms with E-state index in [1.807, 2.05) is 0 Å². The molecule has 0 saturated carbocycles. The van der Waals surface area contributed by atoms with Crippen molar-refractivity contribution in [3.05, 3.63) is 91.0 Å². The quantitative estimate of drug-likeness (QED) is 0.565. The predicted octanol–water partition coefficient (Wildman–Crippen LogP) is -0.415. The van der Waals surface area contributed by atoms with Crippen molar-refractivity contribution in [1.29, 1.82) is 0 Å². The molecule has 0 atom stereocenters. The van der Waals surface area contributed by atoms with Crippen LogP contribution in [0.3, 0.4) is 0 Å². The van der Waals surface area contributed by atoms with Crippen molar-refractivity contribution in [2.24, 2.45) is 0 Å². The summed E-state index contributed by atoms with van der Waals surface area (Å²) in [7, 11) is -1.53. The second kappa shape index (κ2) is 11.2. The van der Waals surface area contributed by atoms with Gasteiger partial charge < -0.3 is 27.2 Å². The van der Waals surface area contributed by atoms with E-state index in [0.717, 1.165) is 0 Å². The minimum absolute atomic E-state index is 0. The number of aliphatic hydroxyl groups excluding tert-OH is 2. The van der Waals surface area contributed by atoms with Crippen molar-refractivity contribution >= 4 is 23.2 Å². The predicted molar refractivity (Wildman–Crippen MR) is 105 cm³/mol. The maximum atomic E-state index is 7.62. The Kier molecular flexibility index (Phi) is 9.62. The molecule has 2 N–H and O–H groups in total. The van der Waals surface area contributed by atoms with Gasteiger partial charge in [-0.15, -0.1) is 0 Å². The standard InChI is InChI=1S/C19H18P.C2H6O2.BrH/c1-20(17-11-5-2-6-12-17,18-13-7-3-8-14-18)19-15-9-4-10-16-19;3-1-2-4;/h2-16H,1H3;3-4H,1-2H2;1H/q+1;;/p-1. The van der Waals surface area contributed by atoms with E-state index >= 15 is 0 Å². The van der Waals surface area contributed by atoms with Crippen LogP contribution in [0.4, 0.5) is 0 Å². The van der Waals surface area contributed by atoms with Crippen LogP contribution in [0.5, 0.6) is 0 Å². The van der Waals surface area contributed by atoms with Gasteiger partial charge in [0.1, 0.15) is 23.2 Å². The smallest absolute Gasteiger partial charge is 0.109 e. The highest BCUT2D eigenvalue weighted by molar-refractivity contribution is 7.95. The third-order valence-corrected chi connectivity index (χ3v) is 7.91. The average Bonchev–Trinajstić information content (AvgIpc) is 2.69. The second-order valence-corrected chi connectivity index (χ2v) is 9.02. The van der Waals surface area contributed by atoms with E-state index in [-0.39, 0.29) is 30.2 Å². The second-order valence-electron chi connectivity index (χ2n) is 5.46. The highest BCUT2D eigenvalue weighted by Gasteiger charge is 2.39. The first-order chi connectivity index (χ1) is 11.7. The Labute approximate surface area is 161 Å². The molecule has 25 heavy (non-hydrogen) atoms. The van der Waals surface area contributed by atoms with Crippen molar-refractivity contribution in [3.63, 3.8) is 0 Å². The van der Waals surface area contributed by atoms with Crippen LogP contribution in [0.2, 0.25) is 0 Å². The topological polar surface area (TPSA) is 40.5 Å². The summed E-state index contributed by atoms with van der Waals surface area (Å²) >= 11 is 0. The van der Waals surface area contributed by atoms with Crippen LogP contribution in [0.25, 0.3) is 0 Å². The fourth-order valence-electron chi connectivity index (χ4n) is 2.63. The van der Waals surface area contributed by atoms with Gasteiger partial charge in [0.15, 0.2) is 0 Å². The van der Waals surface area contributed by atoms with Crippen LogP contribution in [0.15, 0.2) is 91.0 Å². The molecule has 0 aliphatic carbocycles. The molecule has 4 heteroatoms. The average molecular weight is 419 g/mol. The molecule has 0 bridgehead atoms. The molecule has 0 spiro atoms. The molecule has 2 nitrogen and oxygen atoms in total. The monoisotopic (exact) mass is 418 g/mol. The summed E-state index contributed by atoms with van der Waals surface area (Å²) in [4.78, 5) is 0. The van der Waals surface area contributed by atoms with Crippen molar-refractivity contribution in [3.8, 4) is 0 Å². The lowest BCUT2D eigenvalue weighted by molar-refractivity contribution is -0.00000634. The SMILES string of the molecule is C[P+](c1ccccc1)(c1ccccc1)c1ccccc1.OCCO.[Br-]. The Hall–Kier alpha value is -1.51. The molecule has 3 aromatic carbocycles. The lowest BCUT2D eigenvalue weighted by Crippen LogP contribution is -3.00. The number of aliphatic hydroxyl groups is 2. The molecule has 0 aliphatic heterocycles. The van der Waals surface area contributed by atoms with Crippen molar-refractivity contribution < 1.29 is 27.2 Å². The highest BCUT2D eigenvalue weighted by Crippen LogP contribution is 2.51. The molecule has 0 saturated heterocycles. The highest BCUT2D eigenvalue weighted by atomic mass is 79.9. The molecule has 3 rings (SSSR count). The number of benzene rings is 3. The van der Waals surface area contributed by atoms with E-state index in [9.17, 15) is 0 Å². The largest absolute Gasteiger partial charge is 1.00 e. The summed E-state index contributed by atoms with van der Waals surface area (Å²) in [6.45, 7) is 2.16. The molecular formula is C21H24BrO2P. The Morgan fingerprint density at radius 3 is 1.00 bits per heavy atom. The summed E-state index contributed by atoms with van der Waals surface area (Å²) in [5, 5.41) is 19.5. The van der Waals surface area contributed by atoms with Crippen LogP contribution in [0.1, 0.15) is 0 Å². The van der Waals surface area contributed by atoms with Crippen molar-refractivity contribution in [2.45, 2.75) is 0 Å². The van der Waals surface area contributed by atoms with Gasteiger partial charge in [0.2, 0.25) is 0 Å². The van der Waals surface area contributed by atoms with Crippen molar-refractivity contribution in [2.75, 3.05) is 19.9 Å². The first-order valence-corrected chi connectivity index (χ1v) is 10.2. The van der Waals surface area contributed by atoms with Gasteiger partial charge in [0.05, 0.1) is 19.9 Å². The molecule has 0 aromatic heterocycles. The first kappa shape index (κ1) is 21.5. The zero-order valence-corrected chi connectivity index (χ0v) is 16.8.